The van der Waals surface area contributed by atoms with Crippen LogP contribution in [-0.2, 0) is 19.7 Å². The van der Waals surface area contributed by atoms with Gasteiger partial charge in [0, 0.05) is 6.04 Å². The van der Waals surface area contributed by atoms with Crippen molar-refractivity contribution < 1.29 is 17.9 Å². The molecule has 6 nitrogen and oxygen atoms in total. The molecule has 0 amide bonds. The normalized spacial score (nSPS) is 26.4. The van der Waals surface area contributed by atoms with Gasteiger partial charge in [-0.15, -0.1) is 0 Å². The molecule has 0 atom stereocenters. The third kappa shape index (κ3) is 4.46. The highest BCUT2D eigenvalue weighted by Gasteiger charge is 2.28. The molecule has 3 N–H and O–H groups in total. The summed E-state index contributed by atoms with van der Waals surface area (Å²) >= 11 is 0. The molecule has 0 radical (unpaired) electrons. The van der Waals surface area contributed by atoms with Crippen LogP contribution in [0.4, 0.5) is 0 Å². The SMILES string of the molecule is CCOC(=O)C1CCC(NS(N)(=O)=O)CC1. The van der Waals surface area contributed by atoms with E-state index in [0.717, 1.165) is 0 Å². The van der Waals surface area contributed by atoms with E-state index in [4.69, 9.17) is 9.88 Å². The van der Waals surface area contributed by atoms with Crippen LogP contribution >= 0.6 is 0 Å². The maximum atomic E-state index is 11.4. The van der Waals surface area contributed by atoms with E-state index in [9.17, 15) is 13.2 Å². The molecule has 1 rings (SSSR count). The zero-order valence-electron chi connectivity index (χ0n) is 9.31. The van der Waals surface area contributed by atoms with Crippen LogP contribution in [0, 0.1) is 5.92 Å². The topological polar surface area (TPSA) is 98.5 Å². The Morgan fingerprint density at radius 3 is 2.38 bits per heavy atom. The fourth-order valence-electron chi connectivity index (χ4n) is 1.94. The molecule has 1 aliphatic rings. The molecule has 0 aromatic heterocycles. The number of carbonyl (C=O) groups excluding carboxylic acids is 1. The third-order valence-corrected chi connectivity index (χ3v) is 3.34. The molecule has 1 saturated carbocycles. The summed E-state index contributed by atoms with van der Waals surface area (Å²) in [7, 11) is -3.64. The van der Waals surface area contributed by atoms with Gasteiger partial charge < -0.3 is 4.74 Å². The number of hydrogen-bond donors (Lipinski definition) is 2. The molecule has 94 valence electrons. The van der Waals surface area contributed by atoms with Crippen molar-refractivity contribution in [3.05, 3.63) is 0 Å². The summed E-state index contributed by atoms with van der Waals surface area (Å²) in [5.74, 6) is -0.282. The number of hydrogen-bond acceptors (Lipinski definition) is 4. The third-order valence-electron chi connectivity index (χ3n) is 2.68. The molecular weight excluding hydrogens is 232 g/mol. The van der Waals surface area contributed by atoms with Gasteiger partial charge in [-0.2, -0.15) is 13.1 Å². The predicted octanol–water partition coefficient (Wildman–Crippen LogP) is -0.0986. The molecule has 1 fully saturated rings. The lowest BCUT2D eigenvalue weighted by molar-refractivity contribution is -0.149. The highest BCUT2D eigenvalue weighted by molar-refractivity contribution is 7.87. The summed E-state index contributed by atoms with van der Waals surface area (Å²) in [6, 6.07) is -0.152. The van der Waals surface area contributed by atoms with E-state index in [1.165, 1.54) is 0 Å². The first kappa shape index (κ1) is 13.4. The summed E-state index contributed by atoms with van der Waals surface area (Å²) in [6.07, 6.45) is 2.54. The Labute approximate surface area is 95.7 Å². The summed E-state index contributed by atoms with van der Waals surface area (Å²) < 4.78 is 28.8. The number of nitrogens with two attached hydrogens (primary N) is 1. The van der Waals surface area contributed by atoms with Gasteiger partial charge in [0.15, 0.2) is 0 Å². The van der Waals surface area contributed by atoms with Crippen LogP contribution < -0.4 is 9.86 Å². The molecule has 7 heteroatoms. The smallest absolute Gasteiger partial charge is 0.308 e. The van der Waals surface area contributed by atoms with Crippen LogP contribution in [0.25, 0.3) is 0 Å². The molecule has 16 heavy (non-hydrogen) atoms. The van der Waals surface area contributed by atoms with Crippen LogP contribution in [0.1, 0.15) is 32.6 Å². The van der Waals surface area contributed by atoms with Crippen LogP contribution in [0.5, 0.6) is 0 Å². The first-order valence-corrected chi connectivity index (χ1v) is 6.93. The lowest BCUT2D eigenvalue weighted by Crippen LogP contribution is -2.42. The lowest BCUT2D eigenvalue weighted by Gasteiger charge is -2.26. The minimum atomic E-state index is -3.64. The standard InChI is InChI=1S/C9H18N2O4S/c1-2-15-9(12)7-3-5-8(6-4-7)11-16(10,13)14/h7-8,11H,2-6H2,1H3,(H2,10,13,14). The minimum Gasteiger partial charge on any atom is -0.466 e. The van der Waals surface area contributed by atoms with E-state index < -0.39 is 10.2 Å². The predicted molar refractivity (Wildman–Crippen MR) is 58.6 cm³/mol. The van der Waals surface area contributed by atoms with Gasteiger partial charge >= 0.3 is 5.97 Å². The van der Waals surface area contributed by atoms with Crippen LogP contribution in [0.3, 0.4) is 0 Å². The minimum absolute atomic E-state index is 0.0986. The van der Waals surface area contributed by atoms with Crippen molar-refractivity contribution >= 4 is 16.2 Å². The van der Waals surface area contributed by atoms with E-state index in [0.29, 0.717) is 32.3 Å². The van der Waals surface area contributed by atoms with Crippen molar-refractivity contribution in [3.8, 4) is 0 Å². The van der Waals surface area contributed by atoms with Gasteiger partial charge in [-0.05, 0) is 32.6 Å². The maximum Gasteiger partial charge on any atom is 0.308 e. The molecule has 0 heterocycles. The molecule has 0 bridgehead atoms. The Bertz CT molecular complexity index is 333. The molecule has 0 aromatic carbocycles. The quantitative estimate of drug-likeness (QED) is 0.681. The van der Waals surface area contributed by atoms with Crippen LogP contribution in [0.2, 0.25) is 0 Å². The Morgan fingerprint density at radius 1 is 1.38 bits per heavy atom. The summed E-state index contributed by atoms with van der Waals surface area (Å²) in [5, 5.41) is 4.88. The number of rotatable bonds is 4. The van der Waals surface area contributed by atoms with Crippen molar-refractivity contribution in [1.82, 2.24) is 4.72 Å². The van der Waals surface area contributed by atoms with Crippen LogP contribution in [-0.4, -0.2) is 27.0 Å². The second kappa shape index (κ2) is 5.60. The van der Waals surface area contributed by atoms with Crippen molar-refractivity contribution in [2.45, 2.75) is 38.6 Å². The van der Waals surface area contributed by atoms with E-state index in [1.807, 2.05) is 0 Å². The highest BCUT2D eigenvalue weighted by atomic mass is 32.2. The lowest BCUT2D eigenvalue weighted by atomic mass is 9.86. The number of esters is 1. The van der Waals surface area contributed by atoms with Crippen molar-refractivity contribution in [2.24, 2.45) is 11.1 Å². The fraction of sp³-hybridized carbons (Fsp3) is 0.889. The molecule has 1 aliphatic carbocycles. The van der Waals surface area contributed by atoms with Gasteiger partial charge in [0.05, 0.1) is 12.5 Å². The van der Waals surface area contributed by atoms with Gasteiger partial charge in [0.25, 0.3) is 10.2 Å². The van der Waals surface area contributed by atoms with E-state index >= 15 is 0 Å². The van der Waals surface area contributed by atoms with E-state index in [2.05, 4.69) is 4.72 Å². The first-order chi connectivity index (χ1) is 7.42. The molecule has 0 unspecified atom stereocenters. The second-order valence-corrected chi connectivity index (χ2v) is 5.29. The second-order valence-electron chi connectivity index (χ2n) is 3.96. The monoisotopic (exact) mass is 250 g/mol. The Kier molecular flexibility index (Phi) is 4.69. The van der Waals surface area contributed by atoms with E-state index in [1.54, 1.807) is 6.92 Å². The number of carbonyl (C=O) groups is 1. The highest BCUT2D eigenvalue weighted by Crippen LogP contribution is 2.25. The molecular formula is C9H18N2O4S. The van der Waals surface area contributed by atoms with Crippen molar-refractivity contribution in [1.29, 1.82) is 0 Å². The van der Waals surface area contributed by atoms with Crippen molar-refractivity contribution in [3.63, 3.8) is 0 Å². The summed E-state index contributed by atoms with van der Waals surface area (Å²) in [5.41, 5.74) is 0. The molecule has 0 aromatic rings. The Morgan fingerprint density at radius 2 is 1.94 bits per heavy atom. The fourth-order valence-corrected chi connectivity index (χ4v) is 2.64. The molecule has 0 aliphatic heterocycles. The summed E-state index contributed by atoms with van der Waals surface area (Å²) in [6.45, 7) is 2.15. The van der Waals surface area contributed by atoms with Gasteiger partial charge in [-0.1, -0.05) is 0 Å². The maximum absolute atomic E-state index is 11.4. The average Bonchev–Trinajstić information content (AvgIpc) is 2.16. The zero-order chi connectivity index (χ0) is 12.2. The Balaban J connectivity index is 2.37. The van der Waals surface area contributed by atoms with Crippen LogP contribution in [0.15, 0.2) is 0 Å². The largest absolute Gasteiger partial charge is 0.466 e. The van der Waals surface area contributed by atoms with E-state index in [-0.39, 0.29) is 17.9 Å². The van der Waals surface area contributed by atoms with Gasteiger partial charge in [0.1, 0.15) is 0 Å². The van der Waals surface area contributed by atoms with Gasteiger partial charge in [0.2, 0.25) is 0 Å². The molecule has 0 spiro atoms. The molecule has 0 saturated heterocycles. The number of ether oxygens (including phenoxy) is 1. The zero-order valence-corrected chi connectivity index (χ0v) is 10.1. The first-order valence-electron chi connectivity index (χ1n) is 5.39. The van der Waals surface area contributed by atoms with Gasteiger partial charge in [-0.25, -0.2) is 5.14 Å². The number of nitrogens with one attached hydrogen (secondary N) is 1. The Hall–Kier alpha value is -0.660. The summed E-state index contributed by atoms with van der Waals surface area (Å²) in [4.78, 5) is 11.4. The van der Waals surface area contributed by atoms with Gasteiger partial charge in [-0.3, -0.25) is 4.79 Å². The van der Waals surface area contributed by atoms with Crippen molar-refractivity contribution in [2.75, 3.05) is 6.61 Å². The average molecular weight is 250 g/mol.